The van der Waals surface area contributed by atoms with E-state index < -0.39 is 0 Å². The van der Waals surface area contributed by atoms with Crippen LogP contribution in [-0.4, -0.2) is 48.0 Å². The molecule has 1 saturated carbocycles. The number of primary amides is 1. The van der Waals surface area contributed by atoms with E-state index in [1.54, 1.807) is 0 Å². The fraction of sp³-hybridized carbons (Fsp3) is 0.929. The lowest BCUT2D eigenvalue weighted by Gasteiger charge is -2.41. The highest BCUT2D eigenvalue weighted by molar-refractivity contribution is 5.73. The maximum atomic E-state index is 10.7. The number of carbonyl (C=O) groups excluding carboxylic acids is 1. The van der Waals surface area contributed by atoms with E-state index in [2.05, 4.69) is 4.90 Å². The Bertz CT molecular complexity index is 281. The van der Waals surface area contributed by atoms with Gasteiger partial charge in [0.15, 0.2) is 0 Å². The van der Waals surface area contributed by atoms with Crippen molar-refractivity contribution in [2.45, 2.75) is 51.0 Å². The molecule has 2 fully saturated rings. The molecule has 5 nitrogen and oxygen atoms in total. The first-order valence-electron chi connectivity index (χ1n) is 7.67. The van der Waals surface area contributed by atoms with Crippen LogP contribution in [0, 0.1) is 5.92 Å². The summed E-state index contributed by atoms with van der Waals surface area (Å²) in [6.45, 7) is 4.23. The molecule has 0 atom stereocenters. The van der Waals surface area contributed by atoms with Gasteiger partial charge in [0, 0.05) is 38.6 Å². The Kier molecular flexibility index (Phi) is 5.60. The molecule has 1 aliphatic heterocycles. The zero-order chi connectivity index (χ0) is 13.7. The lowest BCUT2D eigenvalue weighted by atomic mass is 9.82. The Morgan fingerprint density at radius 3 is 2.26 bits per heavy atom. The highest BCUT2D eigenvalue weighted by Crippen LogP contribution is 2.31. The highest BCUT2D eigenvalue weighted by atomic mass is 16.1. The van der Waals surface area contributed by atoms with E-state index in [4.69, 9.17) is 11.6 Å². The summed E-state index contributed by atoms with van der Waals surface area (Å²) in [5, 5.41) is 1.92. The molecule has 0 unspecified atom stereocenters. The van der Waals surface area contributed by atoms with Crippen LogP contribution in [0.4, 0.5) is 0 Å². The molecular formula is C14H28N4O. The first-order chi connectivity index (χ1) is 9.15. The van der Waals surface area contributed by atoms with Crippen molar-refractivity contribution >= 4 is 5.91 Å². The van der Waals surface area contributed by atoms with Gasteiger partial charge >= 0.3 is 0 Å². The zero-order valence-electron chi connectivity index (χ0n) is 11.9. The van der Waals surface area contributed by atoms with Gasteiger partial charge in [-0.3, -0.25) is 15.5 Å². The van der Waals surface area contributed by atoms with Crippen LogP contribution in [0.5, 0.6) is 0 Å². The summed E-state index contributed by atoms with van der Waals surface area (Å²) in [4.78, 5) is 13.3. The van der Waals surface area contributed by atoms with Gasteiger partial charge in [-0.05, 0) is 44.4 Å². The van der Waals surface area contributed by atoms with E-state index in [1.165, 1.54) is 32.1 Å². The van der Waals surface area contributed by atoms with Crippen molar-refractivity contribution in [1.29, 1.82) is 0 Å². The molecule has 0 aromatic heterocycles. The Balaban J connectivity index is 1.63. The molecule has 0 aromatic rings. The summed E-state index contributed by atoms with van der Waals surface area (Å²) in [5.41, 5.74) is 5.18. The molecule has 0 bridgehead atoms. The smallest absolute Gasteiger partial charge is 0.217 e. The van der Waals surface area contributed by atoms with E-state index in [1.807, 2.05) is 5.01 Å². The van der Waals surface area contributed by atoms with Crippen LogP contribution < -0.4 is 11.6 Å². The van der Waals surface area contributed by atoms with Crippen LogP contribution in [-0.2, 0) is 4.79 Å². The third-order valence-electron chi connectivity index (χ3n) is 4.72. The normalized spacial score (nSPS) is 30.4. The van der Waals surface area contributed by atoms with Crippen molar-refractivity contribution in [2.75, 3.05) is 26.2 Å². The van der Waals surface area contributed by atoms with E-state index >= 15 is 0 Å². The summed E-state index contributed by atoms with van der Waals surface area (Å²) in [6, 6.07) is 0.765. The molecule has 0 radical (unpaired) electrons. The number of hydrogen-bond donors (Lipinski definition) is 2. The number of nitrogens with two attached hydrogens (primary N) is 2. The summed E-state index contributed by atoms with van der Waals surface area (Å²) in [5.74, 6) is 6.45. The Labute approximate surface area is 116 Å². The van der Waals surface area contributed by atoms with Gasteiger partial charge in [-0.1, -0.05) is 0 Å². The van der Waals surface area contributed by atoms with E-state index in [-0.39, 0.29) is 5.91 Å². The molecule has 110 valence electrons. The van der Waals surface area contributed by atoms with Gasteiger partial charge in [-0.2, -0.15) is 0 Å². The summed E-state index contributed by atoms with van der Waals surface area (Å²) in [6.07, 6.45) is 7.94. The van der Waals surface area contributed by atoms with Crippen molar-refractivity contribution in [1.82, 2.24) is 9.91 Å². The first kappa shape index (κ1) is 14.8. The number of rotatable bonds is 5. The van der Waals surface area contributed by atoms with E-state index in [9.17, 15) is 4.79 Å². The number of piperazine rings is 1. The molecule has 2 aliphatic rings. The SMILES string of the molecule is NC(=O)CCCC1CCC(N2CCN(N)CC2)CC1. The lowest BCUT2D eigenvalue weighted by Crippen LogP contribution is -2.53. The van der Waals surface area contributed by atoms with Gasteiger partial charge in [0.1, 0.15) is 0 Å². The van der Waals surface area contributed by atoms with Crippen LogP contribution in [0.3, 0.4) is 0 Å². The van der Waals surface area contributed by atoms with Crippen LogP contribution in [0.1, 0.15) is 44.9 Å². The number of hydrazine groups is 1. The highest BCUT2D eigenvalue weighted by Gasteiger charge is 2.27. The molecular weight excluding hydrogens is 240 g/mol. The molecule has 2 rings (SSSR count). The van der Waals surface area contributed by atoms with Gasteiger partial charge < -0.3 is 5.73 Å². The Morgan fingerprint density at radius 2 is 1.68 bits per heavy atom. The number of amides is 1. The second-order valence-electron chi connectivity index (χ2n) is 6.11. The standard InChI is InChI=1S/C14H28N4O/c15-14(19)3-1-2-12-4-6-13(7-5-12)17-8-10-18(16)11-9-17/h12-13H,1-11,16H2,(H2,15,19). The van der Waals surface area contributed by atoms with Crippen LogP contribution in [0.25, 0.3) is 0 Å². The van der Waals surface area contributed by atoms with Crippen molar-refractivity contribution in [3.05, 3.63) is 0 Å². The second-order valence-corrected chi connectivity index (χ2v) is 6.11. The summed E-state index contributed by atoms with van der Waals surface area (Å²) >= 11 is 0. The van der Waals surface area contributed by atoms with E-state index in [0.717, 1.165) is 44.6 Å². The third-order valence-corrected chi connectivity index (χ3v) is 4.72. The van der Waals surface area contributed by atoms with E-state index in [0.29, 0.717) is 6.42 Å². The molecule has 1 heterocycles. The van der Waals surface area contributed by atoms with Crippen LogP contribution in [0.15, 0.2) is 0 Å². The van der Waals surface area contributed by atoms with Gasteiger partial charge in [-0.25, -0.2) is 5.01 Å². The maximum Gasteiger partial charge on any atom is 0.217 e. The molecule has 1 aliphatic carbocycles. The van der Waals surface area contributed by atoms with Gasteiger partial charge in [-0.15, -0.1) is 0 Å². The number of hydrogen-bond acceptors (Lipinski definition) is 4. The fourth-order valence-electron chi connectivity index (χ4n) is 3.47. The quantitative estimate of drug-likeness (QED) is 0.719. The monoisotopic (exact) mass is 268 g/mol. The Hall–Kier alpha value is -0.650. The maximum absolute atomic E-state index is 10.7. The minimum atomic E-state index is -0.159. The molecule has 19 heavy (non-hydrogen) atoms. The largest absolute Gasteiger partial charge is 0.370 e. The van der Waals surface area contributed by atoms with Crippen molar-refractivity contribution in [3.63, 3.8) is 0 Å². The predicted molar refractivity (Wildman–Crippen MR) is 76.1 cm³/mol. The first-order valence-corrected chi connectivity index (χ1v) is 7.67. The lowest BCUT2D eigenvalue weighted by molar-refractivity contribution is -0.118. The molecule has 4 N–H and O–H groups in total. The van der Waals surface area contributed by atoms with Gasteiger partial charge in [0.2, 0.25) is 5.91 Å². The predicted octanol–water partition coefficient (Wildman–Crippen LogP) is 0.692. The summed E-state index contributed by atoms with van der Waals surface area (Å²) < 4.78 is 0. The molecule has 0 aromatic carbocycles. The molecule has 1 saturated heterocycles. The van der Waals surface area contributed by atoms with Crippen LogP contribution >= 0.6 is 0 Å². The molecule has 1 amide bonds. The minimum Gasteiger partial charge on any atom is -0.370 e. The Morgan fingerprint density at radius 1 is 1.05 bits per heavy atom. The van der Waals surface area contributed by atoms with Crippen molar-refractivity contribution in [3.8, 4) is 0 Å². The fourth-order valence-corrected chi connectivity index (χ4v) is 3.47. The molecule has 5 heteroatoms. The van der Waals surface area contributed by atoms with Gasteiger partial charge in [0.05, 0.1) is 0 Å². The zero-order valence-corrected chi connectivity index (χ0v) is 11.9. The minimum absolute atomic E-state index is 0.159. The average Bonchev–Trinajstić information content (AvgIpc) is 2.40. The van der Waals surface area contributed by atoms with Crippen molar-refractivity contribution < 1.29 is 4.79 Å². The van der Waals surface area contributed by atoms with Gasteiger partial charge in [0.25, 0.3) is 0 Å². The molecule has 0 spiro atoms. The van der Waals surface area contributed by atoms with Crippen molar-refractivity contribution in [2.24, 2.45) is 17.5 Å². The number of nitrogens with zero attached hydrogens (tertiary/aromatic N) is 2. The second kappa shape index (κ2) is 7.22. The van der Waals surface area contributed by atoms with Crippen LogP contribution in [0.2, 0.25) is 0 Å². The third kappa shape index (κ3) is 4.75. The summed E-state index contributed by atoms with van der Waals surface area (Å²) in [7, 11) is 0. The average molecular weight is 268 g/mol. The topological polar surface area (TPSA) is 75.6 Å². The number of carbonyl (C=O) groups is 1.